The summed E-state index contributed by atoms with van der Waals surface area (Å²) in [7, 11) is 2.00. The van der Waals surface area contributed by atoms with Crippen LogP contribution in [0.25, 0.3) is 0 Å². The first-order valence-electron chi connectivity index (χ1n) is 7.51. The van der Waals surface area contributed by atoms with E-state index in [2.05, 4.69) is 11.0 Å². The van der Waals surface area contributed by atoms with Crippen molar-refractivity contribution in [2.75, 3.05) is 25.1 Å². The molecular formula is C16H23N3O. The molecule has 4 nitrogen and oxygen atoms in total. The summed E-state index contributed by atoms with van der Waals surface area (Å²) in [6.45, 7) is 1.13. The summed E-state index contributed by atoms with van der Waals surface area (Å²) in [5.74, 6) is 0.817. The van der Waals surface area contributed by atoms with E-state index in [4.69, 9.17) is 10.1 Å². The predicted molar refractivity (Wildman–Crippen MR) is 79.8 cm³/mol. The zero-order valence-corrected chi connectivity index (χ0v) is 12.2. The molecule has 1 aromatic heterocycles. The average molecular weight is 273 g/mol. The highest BCUT2D eigenvalue weighted by atomic mass is 16.2. The topological polar surface area (TPSA) is 60.1 Å². The van der Waals surface area contributed by atoms with E-state index in [1.807, 2.05) is 13.1 Å². The lowest BCUT2D eigenvalue weighted by atomic mass is 9.95. The lowest BCUT2D eigenvalue weighted by Gasteiger charge is -2.23. The molecule has 20 heavy (non-hydrogen) atoms. The smallest absolute Gasteiger partial charge is 0.146 e. The number of pyridine rings is 1. The minimum Gasteiger partial charge on any atom is -0.396 e. The summed E-state index contributed by atoms with van der Waals surface area (Å²) in [6, 6.07) is 4.31. The van der Waals surface area contributed by atoms with Crippen LogP contribution in [0.4, 0.5) is 5.82 Å². The van der Waals surface area contributed by atoms with Gasteiger partial charge in [-0.2, -0.15) is 5.26 Å². The number of fused-ring (bicyclic) bond motifs is 1. The number of hydrogen-bond donors (Lipinski definition) is 1. The molecule has 1 aliphatic rings. The number of nitrogens with zero attached hydrogens (tertiary/aromatic N) is 3. The van der Waals surface area contributed by atoms with Crippen molar-refractivity contribution in [3.63, 3.8) is 0 Å². The third-order valence-corrected chi connectivity index (χ3v) is 3.91. The van der Waals surface area contributed by atoms with E-state index in [0.29, 0.717) is 5.56 Å². The van der Waals surface area contributed by atoms with Crippen LogP contribution >= 0.6 is 0 Å². The minimum absolute atomic E-state index is 0.254. The van der Waals surface area contributed by atoms with Crippen LogP contribution in [0, 0.1) is 11.3 Å². The van der Waals surface area contributed by atoms with Crippen molar-refractivity contribution in [3.8, 4) is 6.07 Å². The molecule has 0 aliphatic heterocycles. The fourth-order valence-electron chi connectivity index (χ4n) is 2.74. The van der Waals surface area contributed by atoms with Gasteiger partial charge < -0.3 is 10.0 Å². The second-order valence-electron chi connectivity index (χ2n) is 5.49. The van der Waals surface area contributed by atoms with E-state index in [1.54, 1.807) is 0 Å². The quantitative estimate of drug-likeness (QED) is 0.809. The van der Waals surface area contributed by atoms with Gasteiger partial charge in [0.15, 0.2) is 0 Å². The number of unbranched alkanes of at least 4 members (excludes halogenated alkanes) is 2. The SMILES string of the molecule is CN(CCCCCO)c1nc2c(cc1C#N)CCCC2. The molecule has 0 amide bonds. The van der Waals surface area contributed by atoms with Gasteiger partial charge in [-0.3, -0.25) is 0 Å². The number of aromatic nitrogens is 1. The maximum Gasteiger partial charge on any atom is 0.146 e. The van der Waals surface area contributed by atoms with Crippen molar-refractivity contribution in [3.05, 3.63) is 22.9 Å². The molecule has 0 bridgehead atoms. The summed E-state index contributed by atoms with van der Waals surface area (Å²) in [6.07, 6.45) is 7.36. The molecule has 0 atom stereocenters. The number of anilines is 1. The van der Waals surface area contributed by atoms with Gasteiger partial charge in [-0.1, -0.05) is 0 Å². The van der Waals surface area contributed by atoms with E-state index >= 15 is 0 Å². The molecule has 1 aliphatic carbocycles. The molecule has 4 heteroatoms. The van der Waals surface area contributed by atoms with Crippen LogP contribution in [-0.4, -0.2) is 30.3 Å². The summed E-state index contributed by atoms with van der Waals surface area (Å²) in [4.78, 5) is 6.81. The molecule has 0 radical (unpaired) electrons. The normalized spacial score (nSPS) is 13.7. The number of aliphatic hydroxyl groups is 1. The summed E-state index contributed by atoms with van der Waals surface area (Å²) >= 11 is 0. The first-order valence-corrected chi connectivity index (χ1v) is 7.51. The fourth-order valence-corrected chi connectivity index (χ4v) is 2.74. The number of hydrogen-bond acceptors (Lipinski definition) is 4. The van der Waals surface area contributed by atoms with E-state index in [9.17, 15) is 5.26 Å². The van der Waals surface area contributed by atoms with Gasteiger partial charge in [0.25, 0.3) is 0 Å². The van der Waals surface area contributed by atoms with E-state index in [-0.39, 0.29) is 6.61 Å². The largest absolute Gasteiger partial charge is 0.396 e. The Morgan fingerprint density at radius 1 is 1.30 bits per heavy atom. The van der Waals surface area contributed by atoms with Crippen LogP contribution in [0.2, 0.25) is 0 Å². The fraction of sp³-hybridized carbons (Fsp3) is 0.625. The Morgan fingerprint density at radius 3 is 2.85 bits per heavy atom. The van der Waals surface area contributed by atoms with Crippen molar-refractivity contribution >= 4 is 5.82 Å². The van der Waals surface area contributed by atoms with Gasteiger partial charge in [0.1, 0.15) is 11.9 Å². The van der Waals surface area contributed by atoms with Crippen LogP contribution < -0.4 is 4.90 Å². The van der Waals surface area contributed by atoms with Crippen LogP contribution in [0.1, 0.15) is 48.9 Å². The number of aliphatic hydroxyl groups excluding tert-OH is 1. The third-order valence-electron chi connectivity index (χ3n) is 3.91. The van der Waals surface area contributed by atoms with Gasteiger partial charge in [-0.05, 0) is 56.6 Å². The molecule has 0 saturated heterocycles. The Labute approximate surface area is 121 Å². The van der Waals surface area contributed by atoms with E-state index < -0.39 is 0 Å². The van der Waals surface area contributed by atoms with Crippen LogP contribution in [0.3, 0.4) is 0 Å². The lowest BCUT2D eigenvalue weighted by molar-refractivity contribution is 0.283. The first-order chi connectivity index (χ1) is 9.76. The van der Waals surface area contributed by atoms with Crippen molar-refractivity contribution in [1.82, 2.24) is 4.98 Å². The van der Waals surface area contributed by atoms with Crippen LogP contribution in [0.5, 0.6) is 0 Å². The average Bonchev–Trinajstić information content (AvgIpc) is 2.50. The molecule has 0 saturated carbocycles. The van der Waals surface area contributed by atoms with Crippen molar-refractivity contribution in [2.45, 2.75) is 44.9 Å². The highest BCUT2D eigenvalue weighted by Gasteiger charge is 2.17. The maximum absolute atomic E-state index is 9.33. The molecule has 1 N–H and O–H groups in total. The van der Waals surface area contributed by atoms with Gasteiger partial charge in [-0.15, -0.1) is 0 Å². The predicted octanol–water partition coefficient (Wildman–Crippen LogP) is 2.43. The molecule has 1 heterocycles. The van der Waals surface area contributed by atoms with Gasteiger partial charge in [-0.25, -0.2) is 4.98 Å². The first kappa shape index (κ1) is 14.8. The zero-order chi connectivity index (χ0) is 14.4. The Bertz CT molecular complexity index is 493. The Hall–Kier alpha value is -1.60. The molecule has 1 aromatic rings. The molecule has 0 unspecified atom stereocenters. The number of nitriles is 1. The number of rotatable bonds is 6. The molecule has 0 aromatic carbocycles. The summed E-state index contributed by atoms with van der Waals surface area (Å²) < 4.78 is 0. The molecular weight excluding hydrogens is 250 g/mol. The summed E-state index contributed by atoms with van der Waals surface area (Å²) in [5, 5.41) is 18.1. The second kappa shape index (κ2) is 7.25. The van der Waals surface area contributed by atoms with Crippen molar-refractivity contribution < 1.29 is 5.11 Å². The van der Waals surface area contributed by atoms with Crippen molar-refractivity contribution in [2.24, 2.45) is 0 Å². The second-order valence-corrected chi connectivity index (χ2v) is 5.49. The van der Waals surface area contributed by atoms with E-state index in [0.717, 1.165) is 44.5 Å². The lowest BCUT2D eigenvalue weighted by Crippen LogP contribution is -2.22. The molecule has 0 fully saturated rings. The van der Waals surface area contributed by atoms with Crippen molar-refractivity contribution in [1.29, 1.82) is 5.26 Å². The summed E-state index contributed by atoms with van der Waals surface area (Å²) in [5.41, 5.74) is 3.12. The minimum atomic E-state index is 0.254. The number of aryl methyl sites for hydroxylation is 2. The van der Waals surface area contributed by atoms with E-state index in [1.165, 1.54) is 24.1 Å². The highest BCUT2D eigenvalue weighted by Crippen LogP contribution is 2.26. The molecule has 108 valence electrons. The molecule has 0 spiro atoms. The van der Waals surface area contributed by atoms with Gasteiger partial charge in [0.05, 0.1) is 5.56 Å². The standard InChI is InChI=1S/C16H23N3O/c1-19(9-5-2-6-10-20)16-14(12-17)11-13-7-3-4-8-15(13)18-16/h11,20H,2-10H2,1H3. The van der Waals surface area contributed by atoms with Gasteiger partial charge in [0, 0.05) is 25.9 Å². The Kier molecular flexibility index (Phi) is 5.37. The molecule has 2 rings (SSSR count). The van der Waals surface area contributed by atoms with Crippen LogP contribution in [0.15, 0.2) is 6.07 Å². The Balaban J connectivity index is 2.11. The van der Waals surface area contributed by atoms with Gasteiger partial charge >= 0.3 is 0 Å². The van der Waals surface area contributed by atoms with Gasteiger partial charge in [0.2, 0.25) is 0 Å². The Morgan fingerprint density at radius 2 is 2.10 bits per heavy atom. The maximum atomic E-state index is 9.33. The third kappa shape index (κ3) is 3.49. The highest BCUT2D eigenvalue weighted by molar-refractivity contribution is 5.56. The zero-order valence-electron chi connectivity index (χ0n) is 12.2. The van der Waals surface area contributed by atoms with Crippen LogP contribution in [-0.2, 0) is 12.8 Å². The monoisotopic (exact) mass is 273 g/mol.